The van der Waals surface area contributed by atoms with Gasteiger partial charge in [-0.15, -0.1) is 0 Å². The van der Waals surface area contributed by atoms with E-state index in [1.807, 2.05) is 36.4 Å². The van der Waals surface area contributed by atoms with Crippen LogP contribution in [-0.4, -0.2) is 23.4 Å². The van der Waals surface area contributed by atoms with E-state index in [0.29, 0.717) is 13.2 Å². The highest BCUT2D eigenvalue weighted by Gasteiger charge is 1.97. The van der Waals surface area contributed by atoms with Crippen LogP contribution in [0, 0.1) is 0 Å². The van der Waals surface area contributed by atoms with Gasteiger partial charge >= 0.3 is 0 Å². The van der Waals surface area contributed by atoms with Gasteiger partial charge in [0.1, 0.15) is 18.1 Å². The second kappa shape index (κ2) is 6.66. The zero-order valence-electron chi connectivity index (χ0n) is 10.5. The number of anilines is 1. The summed E-state index contributed by atoms with van der Waals surface area (Å²) in [5.41, 5.74) is 2.09. The van der Waals surface area contributed by atoms with Gasteiger partial charge in [-0.05, 0) is 42.0 Å². The minimum atomic E-state index is 0.0180. The number of ether oxygens (including phenoxy) is 1. The molecule has 0 fully saturated rings. The molecule has 0 bridgehead atoms. The van der Waals surface area contributed by atoms with E-state index in [2.05, 4.69) is 5.32 Å². The number of aromatic hydroxyl groups is 1. The molecule has 0 aliphatic rings. The monoisotopic (exact) mass is 259 g/mol. The van der Waals surface area contributed by atoms with Gasteiger partial charge < -0.3 is 20.3 Å². The number of rotatable bonds is 6. The Morgan fingerprint density at radius 2 is 1.63 bits per heavy atom. The lowest BCUT2D eigenvalue weighted by Gasteiger charge is -2.08. The summed E-state index contributed by atoms with van der Waals surface area (Å²) in [4.78, 5) is 0. The molecule has 0 spiro atoms. The molecule has 4 heteroatoms. The van der Waals surface area contributed by atoms with Crippen molar-refractivity contribution in [1.29, 1.82) is 0 Å². The summed E-state index contributed by atoms with van der Waals surface area (Å²) in [6.45, 7) is 1.03. The number of phenols is 1. The molecule has 19 heavy (non-hydrogen) atoms. The lowest BCUT2D eigenvalue weighted by atomic mass is 10.2. The van der Waals surface area contributed by atoms with Gasteiger partial charge in [0.05, 0.1) is 6.61 Å². The topological polar surface area (TPSA) is 61.7 Å². The lowest BCUT2D eigenvalue weighted by Crippen LogP contribution is -2.02. The van der Waals surface area contributed by atoms with Crippen LogP contribution in [0.1, 0.15) is 5.56 Å². The van der Waals surface area contributed by atoms with E-state index in [9.17, 15) is 5.11 Å². The fourth-order valence-corrected chi connectivity index (χ4v) is 1.65. The largest absolute Gasteiger partial charge is 0.508 e. The molecule has 0 atom stereocenters. The van der Waals surface area contributed by atoms with Crippen LogP contribution in [0.4, 0.5) is 5.69 Å². The van der Waals surface area contributed by atoms with Gasteiger partial charge in [-0.1, -0.05) is 12.1 Å². The Hall–Kier alpha value is -2.20. The normalized spacial score (nSPS) is 10.2. The smallest absolute Gasteiger partial charge is 0.119 e. The molecule has 0 aromatic heterocycles. The van der Waals surface area contributed by atoms with Crippen molar-refractivity contribution in [3.63, 3.8) is 0 Å². The summed E-state index contributed by atoms with van der Waals surface area (Å²) in [6.07, 6.45) is 0. The van der Waals surface area contributed by atoms with Crippen molar-refractivity contribution in [3.8, 4) is 11.5 Å². The fourth-order valence-electron chi connectivity index (χ4n) is 1.65. The van der Waals surface area contributed by atoms with Crippen LogP contribution in [0.3, 0.4) is 0 Å². The van der Waals surface area contributed by atoms with Crippen LogP contribution in [0.15, 0.2) is 48.5 Å². The first kappa shape index (κ1) is 13.2. The van der Waals surface area contributed by atoms with Crippen molar-refractivity contribution in [2.75, 3.05) is 18.5 Å². The van der Waals surface area contributed by atoms with Crippen molar-refractivity contribution in [2.45, 2.75) is 6.54 Å². The molecule has 0 aliphatic heterocycles. The SMILES string of the molecule is OCCOc1ccc(CNc2ccc(O)cc2)cc1. The average Bonchev–Trinajstić information content (AvgIpc) is 2.46. The Labute approximate surface area is 112 Å². The minimum absolute atomic E-state index is 0.0180. The molecule has 3 N–H and O–H groups in total. The van der Waals surface area contributed by atoms with Crippen molar-refractivity contribution < 1.29 is 14.9 Å². The third-order valence-electron chi connectivity index (χ3n) is 2.65. The third-order valence-corrected chi connectivity index (χ3v) is 2.65. The molecule has 2 aromatic carbocycles. The third kappa shape index (κ3) is 4.19. The van der Waals surface area contributed by atoms with Crippen molar-refractivity contribution in [2.24, 2.45) is 0 Å². The zero-order chi connectivity index (χ0) is 13.5. The van der Waals surface area contributed by atoms with Crippen LogP contribution < -0.4 is 10.1 Å². The molecule has 0 amide bonds. The number of hydrogen-bond donors (Lipinski definition) is 3. The molecule has 2 aromatic rings. The number of aliphatic hydroxyl groups is 1. The predicted octanol–water partition coefficient (Wildman–Crippen LogP) is 2.38. The zero-order valence-corrected chi connectivity index (χ0v) is 10.5. The Morgan fingerprint density at radius 1 is 0.947 bits per heavy atom. The Morgan fingerprint density at radius 3 is 2.26 bits per heavy atom. The standard InChI is InChI=1S/C15H17NO3/c17-9-10-19-15-7-1-12(2-8-15)11-16-13-3-5-14(18)6-4-13/h1-8,16-18H,9-11H2. The molecule has 0 saturated heterocycles. The van der Waals surface area contributed by atoms with Gasteiger partial charge in [0, 0.05) is 12.2 Å². The summed E-state index contributed by atoms with van der Waals surface area (Å²) < 4.78 is 5.29. The van der Waals surface area contributed by atoms with Gasteiger partial charge in [0.25, 0.3) is 0 Å². The van der Waals surface area contributed by atoms with E-state index in [1.165, 1.54) is 0 Å². The predicted molar refractivity (Wildman–Crippen MR) is 74.5 cm³/mol. The highest BCUT2D eigenvalue weighted by atomic mass is 16.5. The summed E-state index contributed by atoms with van der Waals surface area (Å²) in [5.74, 6) is 1.01. The quantitative estimate of drug-likeness (QED) is 0.697. The van der Waals surface area contributed by atoms with E-state index in [1.54, 1.807) is 12.1 Å². The number of phenolic OH excluding ortho intramolecular Hbond substituents is 1. The van der Waals surface area contributed by atoms with E-state index in [4.69, 9.17) is 9.84 Å². The van der Waals surface area contributed by atoms with Crippen molar-refractivity contribution in [1.82, 2.24) is 0 Å². The second-order valence-corrected chi connectivity index (χ2v) is 4.12. The molecule has 0 heterocycles. The molecule has 2 rings (SSSR count). The molecule has 0 radical (unpaired) electrons. The number of hydrogen-bond acceptors (Lipinski definition) is 4. The van der Waals surface area contributed by atoms with Crippen molar-refractivity contribution in [3.05, 3.63) is 54.1 Å². The Kier molecular flexibility index (Phi) is 4.64. The average molecular weight is 259 g/mol. The first-order valence-corrected chi connectivity index (χ1v) is 6.13. The van der Waals surface area contributed by atoms with Crippen LogP contribution in [0.5, 0.6) is 11.5 Å². The molecule has 0 unspecified atom stereocenters. The Balaban J connectivity index is 1.87. The maximum Gasteiger partial charge on any atom is 0.119 e. The van der Waals surface area contributed by atoms with E-state index >= 15 is 0 Å². The van der Waals surface area contributed by atoms with Gasteiger partial charge in [0.15, 0.2) is 0 Å². The maximum absolute atomic E-state index is 9.18. The van der Waals surface area contributed by atoms with Gasteiger partial charge in [-0.2, -0.15) is 0 Å². The number of aliphatic hydroxyl groups excluding tert-OH is 1. The van der Waals surface area contributed by atoms with E-state index < -0.39 is 0 Å². The van der Waals surface area contributed by atoms with Crippen molar-refractivity contribution >= 4 is 5.69 Å². The Bertz CT molecular complexity index is 494. The second-order valence-electron chi connectivity index (χ2n) is 4.12. The van der Waals surface area contributed by atoms with Gasteiger partial charge in [-0.3, -0.25) is 0 Å². The molecule has 0 aliphatic carbocycles. The van der Waals surface area contributed by atoms with Crippen LogP contribution in [-0.2, 0) is 6.54 Å². The minimum Gasteiger partial charge on any atom is -0.508 e. The van der Waals surface area contributed by atoms with Gasteiger partial charge in [0.2, 0.25) is 0 Å². The maximum atomic E-state index is 9.18. The van der Waals surface area contributed by atoms with Crippen LogP contribution in [0.25, 0.3) is 0 Å². The highest BCUT2D eigenvalue weighted by molar-refractivity contribution is 5.46. The van der Waals surface area contributed by atoms with Crippen LogP contribution in [0.2, 0.25) is 0 Å². The van der Waals surface area contributed by atoms with Gasteiger partial charge in [-0.25, -0.2) is 0 Å². The summed E-state index contributed by atoms with van der Waals surface area (Å²) >= 11 is 0. The molecular weight excluding hydrogens is 242 g/mol. The lowest BCUT2D eigenvalue weighted by molar-refractivity contribution is 0.201. The summed E-state index contributed by atoms with van der Waals surface area (Å²) in [7, 11) is 0. The fraction of sp³-hybridized carbons (Fsp3) is 0.200. The molecule has 0 saturated carbocycles. The number of benzene rings is 2. The van der Waals surface area contributed by atoms with E-state index in [-0.39, 0.29) is 12.4 Å². The summed E-state index contributed by atoms with van der Waals surface area (Å²) in [6, 6.07) is 14.7. The summed E-state index contributed by atoms with van der Waals surface area (Å²) in [5, 5.41) is 21.1. The van der Waals surface area contributed by atoms with E-state index in [0.717, 1.165) is 17.0 Å². The molecular formula is C15H17NO3. The highest BCUT2D eigenvalue weighted by Crippen LogP contribution is 2.16. The molecule has 100 valence electrons. The van der Waals surface area contributed by atoms with Crippen LogP contribution >= 0.6 is 0 Å². The molecule has 4 nitrogen and oxygen atoms in total. The first-order chi connectivity index (χ1) is 9.28. The number of nitrogens with one attached hydrogen (secondary N) is 1. The first-order valence-electron chi connectivity index (χ1n) is 6.13.